The van der Waals surface area contributed by atoms with Crippen LogP contribution in [0.5, 0.6) is 5.75 Å². The van der Waals surface area contributed by atoms with Gasteiger partial charge < -0.3 is 15.3 Å². The Balaban J connectivity index is 2.29. The van der Waals surface area contributed by atoms with E-state index in [1.165, 1.54) is 6.07 Å². The van der Waals surface area contributed by atoms with Crippen molar-refractivity contribution < 1.29 is 24.9 Å². The molecule has 2 aliphatic rings. The lowest BCUT2D eigenvalue weighted by Gasteiger charge is -2.36. The van der Waals surface area contributed by atoms with E-state index in [-0.39, 0.29) is 65.7 Å². The first-order chi connectivity index (χ1) is 13.3. The quantitative estimate of drug-likeness (QED) is 0.539. The number of carbonyl (C=O) groups is 2. The number of aliphatic hydroxyl groups excluding tert-OH is 2. The Labute approximate surface area is 179 Å². The molecule has 2 aliphatic carbocycles. The SMILES string of the molecule is CC1(C)CC(=O)C(C(C2=C(O)CC(C)(C)CC2=O)c2cc(Br)ccc2O)=C(O)C1. The van der Waals surface area contributed by atoms with Crippen molar-refractivity contribution >= 4 is 27.5 Å². The molecule has 3 rings (SSSR count). The molecule has 0 fully saturated rings. The fourth-order valence-electron chi connectivity index (χ4n) is 4.47. The number of aliphatic hydroxyl groups is 2. The monoisotopic (exact) mass is 462 g/mol. The van der Waals surface area contributed by atoms with Gasteiger partial charge in [-0.2, -0.15) is 0 Å². The summed E-state index contributed by atoms with van der Waals surface area (Å²) in [5, 5.41) is 32.2. The number of halogens is 1. The average Bonchev–Trinajstić information content (AvgIpc) is 2.52. The van der Waals surface area contributed by atoms with Gasteiger partial charge in [-0.25, -0.2) is 0 Å². The number of carbonyl (C=O) groups excluding carboxylic acids is 2. The lowest BCUT2D eigenvalue weighted by atomic mass is 9.67. The van der Waals surface area contributed by atoms with Gasteiger partial charge in [-0.1, -0.05) is 43.6 Å². The molecule has 0 spiro atoms. The minimum absolute atomic E-state index is 0.0893. The second kappa shape index (κ2) is 7.31. The van der Waals surface area contributed by atoms with Crippen LogP contribution in [0.1, 0.15) is 64.9 Å². The van der Waals surface area contributed by atoms with Crippen LogP contribution in [0.3, 0.4) is 0 Å². The van der Waals surface area contributed by atoms with E-state index in [9.17, 15) is 24.9 Å². The highest BCUT2D eigenvalue weighted by atomic mass is 79.9. The normalized spacial score (nSPS) is 21.9. The van der Waals surface area contributed by atoms with Crippen LogP contribution in [0.2, 0.25) is 0 Å². The van der Waals surface area contributed by atoms with Gasteiger partial charge in [0, 0.05) is 46.9 Å². The lowest BCUT2D eigenvalue weighted by molar-refractivity contribution is -0.119. The molecule has 0 radical (unpaired) electrons. The standard InChI is InChI=1S/C23H27BrO5/c1-22(2)8-15(26)20(16(27)9-22)19(13-7-12(24)5-6-14(13)25)21-17(28)10-23(3,4)11-18(21)29/h5-7,19,25-26,28H,8-11H2,1-4H3. The first-order valence-electron chi connectivity index (χ1n) is 9.70. The third-order valence-corrected chi connectivity index (χ3v) is 6.16. The Bertz CT molecular complexity index is 900. The molecule has 29 heavy (non-hydrogen) atoms. The first-order valence-corrected chi connectivity index (χ1v) is 10.5. The van der Waals surface area contributed by atoms with E-state index < -0.39 is 16.7 Å². The van der Waals surface area contributed by atoms with Crippen LogP contribution in [-0.4, -0.2) is 26.9 Å². The van der Waals surface area contributed by atoms with Crippen molar-refractivity contribution in [2.75, 3.05) is 0 Å². The third-order valence-electron chi connectivity index (χ3n) is 5.67. The van der Waals surface area contributed by atoms with Crippen LogP contribution in [0, 0.1) is 10.8 Å². The van der Waals surface area contributed by atoms with Crippen LogP contribution in [-0.2, 0) is 9.59 Å². The second-order valence-corrected chi connectivity index (χ2v) is 10.7. The summed E-state index contributed by atoms with van der Waals surface area (Å²) in [4.78, 5) is 26.2. The summed E-state index contributed by atoms with van der Waals surface area (Å²) in [6.45, 7) is 7.59. The first kappa shape index (κ1) is 21.6. The topological polar surface area (TPSA) is 94.8 Å². The largest absolute Gasteiger partial charge is 0.512 e. The van der Waals surface area contributed by atoms with Crippen molar-refractivity contribution in [1.82, 2.24) is 0 Å². The van der Waals surface area contributed by atoms with Gasteiger partial charge in [0.15, 0.2) is 11.6 Å². The van der Waals surface area contributed by atoms with Gasteiger partial charge in [0.25, 0.3) is 0 Å². The van der Waals surface area contributed by atoms with E-state index >= 15 is 0 Å². The van der Waals surface area contributed by atoms with Gasteiger partial charge in [-0.05, 0) is 29.0 Å². The summed E-state index contributed by atoms with van der Waals surface area (Å²) in [6.07, 6.45) is 0.997. The maximum atomic E-state index is 13.1. The zero-order chi connectivity index (χ0) is 21.7. The molecule has 0 atom stereocenters. The predicted molar refractivity (Wildman–Crippen MR) is 114 cm³/mol. The van der Waals surface area contributed by atoms with Gasteiger partial charge >= 0.3 is 0 Å². The number of hydrogen-bond donors (Lipinski definition) is 3. The van der Waals surface area contributed by atoms with Crippen molar-refractivity contribution in [2.24, 2.45) is 10.8 Å². The minimum Gasteiger partial charge on any atom is -0.512 e. The number of ketones is 2. The molecule has 0 bridgehead atoms. The van der Waals surface area contributed by atoms with Gasteiger partial charge in [0.1, 0.15) is 17.3 Å². The highest BCUT2D eigenvalue weighted by Crippen LogP contribution is 2.49. The van der Waals surface area contributed by atoms with Crippen LogP contribution >= 0.6 is 15.9 Å². The highest BCUT2D eigenvalue weighted by molar-refractivity contribution is 9.10. The van der Waals surface area contributed by atoms with Crippen molar-refractivity contribution in [3.05, 3.63) is 50.9 Å². The molecule has 0 heterocycles. The Morgan fingerprint density at radius 1 is 0.828 bits per heavy atom. The molecule has 0 saturated carbocycles. The van der Waals surface area contributed by atoms with Crippen LogP contribution in [0.15, 0.2) is 45.3 Å². The predicted octanol–water partition coefficient (Wildman–Crippen LogP) is 5.64. The molecule has 6 heteroatoms. The summed E-state index contributed by atoms with van der Waals surface area (Å²) in [5.74, 6) is -1.85. The van der Waals surface area contributed by atoms with Gasteiger partial charge in [0.2, 0.25) is 0 Å². The van der Waals surface area contributed by atoms with E-state index in [1.807, 2.05) is 27.7 Å². The molecule has 156 valence electrons. The molecule has 5 nitrogen and oxygen atoms in total. The zero-order valence-corrected chi connectivity index (χ0v) is 18.8. The van der Waals surface area contributed by atoms with E-state index in [4.69, 9.17) is 0 Å². The van der Waals surface area contributed by atoms with E-state index in [0.29, 0.717) is 10.0 Å². The number of benzene rings is 1. The second-order valence-electron chi connectivity index (χ2n) is 9.74. The molecular weight excluding hydrogens is 436 g/mol. The molecule has 0 aromatic heterocycles. The third kappa shape index (κ3) is 4.27. The smallest absolute Gasteiger partial charge is 0.163 e. The van der Waals surface area contributed by atoms with Crippen molar-refractivity contribution in [1.29, 1.82) is 0 Å². The van der Waals surface area contributed by atoms with Crippen molar-refractivity contribution in [3.8, 4) is 5.75 Å². The van der Waals surface area contributed by atoms with Gasteiger partial charge in [-0.15, -0.1) is 0 Å². The number of rotatable bonds is 3. The van der Waals surface area contributed by atoms with Gasteiger partial charge in [0.05, 0.1) is 5.92 Å². The zero-order valence-electron chi connectivity index (χ0n) is 17.2. The molecule has 3 N–H and O–H groups in total. The fraction of sp³-hybridized carbons (Fsp3) is 0.478. The minimum atomic E-state index is -1.01. The van der Waals surface area contributed by atoms with E-state index in [0.717, 1.165) is 0 Å². The summed E-state index contributed by atoms with van der Waals surface area (Å²) in [5.41, 5.74) is -0.309. The Morgan fingerprint density at radius 3 is 1.69 bits per heavy atom. The Kier molecular flexibility index (Phi) is 5.45. The van der Waals surface area contributed by atoms with Crippen LogP contribution < -0.4 is 0 Å². The van der Waals surface area contributed by atoms with Crippen LogP contribution in [0.4, 0.5) is 0 Å². The average molecular weight is 463 g/mol. The number of aromatic hydroxyl groups is 1. The number of hydrogen-bond acceptors (Lipinski definition) is 5. The van der Waals surface area contributed by atoms with Crippen molar-refractivity contribution in [3.63, 3.8) is 0 Å². The summed E-state index contributed by atoms with van der Waals surface area (Å²) >= 11 is 3.37. The van der Waals surface area contributed by atoms with Crippen molar-refractivity contribution in [2.45, 2.75) is 59.3 Å². The molecular formula is C23H27BrO5. The van der Waals surface area contributed by atoms with E-state index in [2.05, 4.69) is 15.9 Å². The Morgan fingerprint density at radius 2 is 1.28 bits per heavy atom. The number of phenols is 1. The number of allylic oxidation sites excluding steroid dienone is 4. The fourth-order valence-corrected chi connectivity index (χ4v) is 4.85. The summed E-state index contributed by atoms with van der Waals surface area (Å²) < 4.78 is 0.655. The molecule has 0 saturated heterocycles. The molecule has 1 aromatic rings. The maximum absolute atomic E-state index is 13.1. The molecule has 0 aliphatic heterocycles. The van der Waals surface area contributed by atoms with E-state index in [1.54, 1.807) is 12.1 Å². The summed E-state index contributed by atoms with van der Waals surface area (Å²) in [7, 11) is 0. The molecule has 0 amide bonds. The number of Topliss-reactive ketones (excluding diaryl/α,β-unsaturated/α-hetero) is 2. The number of phenolic OH excluding ortho intramolecular Hbond substituents is 1. The van der Waals surface area contributed by atoms with Crippen LogP contribution in [0.25, 0.3) is 0 Å². The molecule has 1 aromatic carbocycles. The van der Waals surface area contributed by atoms with Gasteiger partial charge in [-0.3, -0.25) is 9.59 Å². The molecule has 0 unspecified atom stereocenters. The highest BCUT2D eigenvalue weighted by Gasteiger charge is 2.44. The summed E-state index contributed by atoms with van der Waals surface area (Å²) in [6, 6.07) is 4.74. The lowest BCUT2D eigenvalue weighted by Crippen LogP contribution is -2.33. The Hall–Kier alpha value is -2.08. The maximum Gasteiger partial charge on any atom is 0.163 e.